The molecule has 3 N–H and O–H groups in total. The lowest BCUT2D eigenvalue weighted by Gasteiger charge is -2.27. The molecular formula is C31H37N7O5S. The first kappa shape index (κ1) is 30.0. The Kier molecular flexibility index (Phi) is 9.05. The molecule has 1 saturated carbocycles. The standard InChI is InChI=1S/C31H37N7O5S/c39-29(24-6-3-16-32-19-24)21-33-20-27-12-7-23-18-28(13-14-30(23)43-27)44(41,42)34-25-8-10-26(11-9-25)38-31(40)37(35-36-38)17-15-22-4-1-2-5-22/h3,6,8-11,13-14,16,18-19,22,27,29,33-34,39H,1-2,4-5,7,12,15,17,20-21H2. The van der Waals surface area contributed by atoms with Crippen molar-refractivity contribution in [2.24, 2.45) is 5.92 Å². The predicted octanol–water partition coefficient (Wildman–Crippen LogP) is 3.22. The van der Waals surface area contributed by atoms with Crippen LogP contribution >= 0.6 is 0 Å². The van der Waals surface area contributed by atoms with Gasteiger partial charge in [0.1, 0.15) is 11.9 Å². The Morgan fingerprint density at radius 1 is 1.05 bits per heavy atom. The lowest BCUT2D eigenvalue weighted by atomic mass is 10.0. The van der Waals surface area contributed by atoms with Crippen molar-refractivity contribution in [3.8, 4) is 11.4 Å². The van der Waals surface area contributed by atoms with Gasteiger partial charge in [0.2, 0.25) is 0 Å². The zero-order chi connectivity index (χ0) is 30.5. The lowest BCUT2D eigenvalue weighted by molar-refractivity contribution is 0.146. The second-order valence-electron chi connectivity index (χ2n) is 11.5. The lowest BCUT2D eigenvalue weighted by Crippen LogP contribution is -2.36. The van der Waals surface area contributed by atoms with Crippen molar-refractivity contribution in [3.05, 3.63) is 88.6 Å². The van der Waals surface area contributed by atoms with Crippen molar-refractivity contribution >= 4 is 15.7 Å². The van der Waals surface area contributed by atoms with Crippen LogP contribution in [0.25, 0.3) is 5.69 Å². The van der Waals surface area contributed by atoms with Crippen LogP contribution < -0.4 is 20.5 Å². The van der Waals surface area contributed by atoms with Gasteiger partial charge < -0.3 is 15.2 Å². The molecule has 2 atom stereocenters. The molecule has 2 aliphatic rings. The van der Waals surface area contributed by atoms with Gasteiger partial charge in [-0.15, -0.1) is 0 Å². The monoisotopic (exact) mass is 619 g/mol. The molecular weight excluding hydrogens is 582 g/mol. The van der Waals surface area contributed by atoms with Gasteiger partial charge in [0.15, 0.2) is 0 Å². The minimum atomic E-state index is -3.86. The number of anilines is 1. The van der Waals surface area contributed by atoms with E-state index in [2.05, 4.69) is 25.4 Å². The zero-order valence-corrected chi connectivity index (χ0v) is 25.2. The van der Waals surface area contributed by atoms with Crippen LogP contribution in [0.5, 0.6) is 5.75 Å². The van der Waals surface area contributed by atoms with Gasteiger partial charge in [0, 0.05) is 43.3 Å². The van der Waals surface area contributed by atoms with Gasteiger partial charge in [-0.1, -0.05) is 31.7 Å². The molecule has 13 heteroatoms. The molecule has 0 saturated heterocycles. The summed E-state index contributed by atoms with van der Waals surface area (Å²) >= 11 is 0. The van der Waals surface area contributed by atoms with E-state index in [1.165, 1.54) is 41.1 Å². The van der Waals surface area contributed by atoms with Gasteiger partial charge in [-0.2, -0.15) is 9.36 Å². The fourth-order valence-corrected chi connectivity index (χ4v) is 6.98. The number of tetrazole rings is 1. The number of nitrogens with one attached hydrogen (secondary N) is 2. The number of aliphatic hydroxyl groups excluding tert-OH is 1. The second kappa shape index (κ2) is 13.3. The van der Waals surface area contributed by atoms with E-state index in [9.17, 15) is 18.3 Å². The van der Waals surface area contributed by atoms with E-state index in [0.29, 0.717) is 55.5 Å². The summed E-state index contributed by atoms with van der Waals surface area (Å²) < 4.78 is 37.7. The number of sulfonamides is 1. The topological polar surface area (TPSA) is 153 Å². The molecule has 0 spiro atoms. The van der Waals surface area contributed by atoms with Crippen LogP contribution in [0.4, 0.5) is 5.69 Å². The van der Waals surface area contributed by atoms with Crippen LogP contribution in [-0.2, 0) is 23.0 Å². The maximum atomic E-state index is 13.2. The molecule has 232 valence electrons. The van der Waals surface area contributed by atoms with Crippen molar-refractivity contribution in [1.82, 2.24) is 30.1 Å². The first-order chi connectivity index (χ1) is 21.4. The fourth-order valence-electron chi connectivity index (χ4n) is 5.87. The van der Waals surface area contributed by atoms with Crippen LogP contribution in [0.2, 0.25) is 0 Å². The molecule has 1 fully saturated rings. The SMILES string of the molecule is O=c1n(CCC2CCCC2)nnn1-c1ccc(NS(=O)(=O)c2ccc3c(c2)CCC(CNCC(O)c2cccnc2)O3)cc1. The molecule has 12 nitrogen and oxygen atoms in total. The average Bonchev–Trinajstić information content (AvgIpc) is 3.70. The van der Waals surface area contributed by atoms with E-state index in [1.807, 2.05) is 6.07 Å². The minimum Gasteiger partial charge on any atom is -0.489 e. The first-order valence-electron chi connectivity index (χ1n) is 15.1. The van der Waals surface area contributed by atoms with E-state index in [0.717, 1.165) is 17.5 Å². The van der Waals surface area contributed by atoms with Crippen LogP contribution in [0.15, 0.2) is 76.7 Å². The molecule has 4 aromatic rings. The highest BCUT2D eigenvalue weighted by Crippen LogP contribution is 2.31. The molecule has 1 aliphatic heterocycles. The molecule has 1 aliphatic carbocycles. The van der Waals surface area contributed by atoms with Gasteiger partial charge in [0.25, 0.3) is 10.0 Å². The molecule has 44 heavy (non-hydrogen) atoms. The van der Waals surface area contributed by atoms with Crippen LogP contribution in [-0.4, -0.2) is 57.5 Å². The van der Waals surface area contributed by atoms with Crippen molar-refractivity contribution in [2.75, 3.05) is 17.8 Å². The fraction of sp³-hybridized carbons (Fsp3) is 0.419. The number of aryl methyl sites for hydroxylation is 2. The van der Waals surface area contributed by atoms with E-state index in [-0.39, 0.29) is 16.7 Å². The number of pyridine rings is 1. The molecule has 2 aromatic carbocycles. The highest BCUT2D eigenvalue weighted by Gasteiger charge is 2.23. The van der Waals surface area contributed by atoms with Crippen LogP contribution in [0.3, 0.4) is 0 Å². The highest BCUT2D eigenvalue weighted by molar-refractivity contribution is 7.92. The van der Waals surface area contributed by atoms with Crippen molar-refractivity contribution in [3.63, 3.8) is 0 Å². The molecule has 0 bridgehead atoms. The number of nitrogens with zero attached hydrogens (tertiary/aromatic N) is 5. The Morgan fingerprint density at radius 2 is 1.86 bits per heavy atom. The zero-order valence-electron chi connectivity index (χ0n) is 24.4. The molecule has 6 rings (SSSR count). The smallest absolute Gasteiger partial charge is 0.368 e. The summed E-state index contributed by atoms with van der Waals surface area (Å²) in [5, 5.41) is 21.6. The number of benzene rings is 2. The Morgan fingerprint density at radius 3 is 2.64 bits per heavy atom. The Labute approximate surface area is 256 Å². The second-order valence-corrected chi connectivity index (χ2v) is 13.2. The molecule has 2 aromatic heterocycles. The van der Waals surface area contributed by atoms with Gasteiger partial charge >= 0.3 is 5.69 Å². The predicted molar refractivity (Wildman–Crippen MR) is 164 cm³/mol. The number of hydrogen-bond acceptors (Lipinski definition) is 9. The van der Waals surface area contributed by atoms with Crippen molar-refractivity contribution in [2.45, 2.75) is 68.6 Å². The maximum Gasteiger partial charge on any atom is 0.368 e. The molecule has 0 amide bonds. The van der Waals surface area contributed by atoms with Crippen molar-refractivity contribution < 1.29 is 18.3 Å². The number of hydrogen-bond donors (Lipinski definition) is 3. The van der Waals surface area contributed by atoms with Gasteiger partial charge in [-0.05, 0) is 89.7 Å². The van der Waals surface area contributed by atoms with E-state index in [1.54, 1.807) is 54.9 Å². The summed E-state index contributed by atoms with van der Waals surface area (Å²) in [6.45, 7) is 1.47. The molecule has 3 heterocycles. The van der Waals surface area contributed by atoms with E-state index >= 15 is 0 Å². The van der Waals surface area contributed by atoms with E-state index < -0.39 is 16.1 Å². The quantitative estimate of drug-likeness (QED) is 0.217. The van der Waals surface area contributed by atoms with Crippen LogP contribution in [0, 0.1) is 5.92 Å². The summed E-state index contributed by atoms with van der Waals surface area (Å²) in [6, 6.07) is 15.0. The third kappa shape index (κ3) is 7.01. The summed E-state index contributed by atoms with van der Waals surface area (Å²) in [4.78, 5) is 17.0. The number of rotatable bonds is 12. The number of aromatic nitrogens is 5. The normalized spacial score (nSPS) is 17.6. The Bertz CT molecular complexity index is 1720. The number of fused-ring (bicyclic) bond motifs is 1. The van der Waals surface area contributed by atoms with Crippen LogP contribution in [0.1, 0.15) is 55.8 Å². The third-order valence-corrected chi connectivity index (χ3v) is 9.76. The number of aliphatic hydroxyl groups is 1. The highest BCUT2D eigenvalue weighted by atomic mass is 32.2. The molecule has 0 radical (unpaired) electrons. The first-order valence-corrected chi connectivity index (χ1v) is 16.6. The third-order valence-electron chi connectivity index (χ3n) is 8.38. The summed E-state index contributed by atoms with van der Waals surface area (Å²) in [5.41, 5.74) is 2.13. The Hall–Kier alpha value is -4.07. The largest absolute Gasteiger partial charge is 0.489 e. The van der Waals surface area contributed by atoms with Crippen molar-refractivity contribution in [1.29, 1.82) is 0 Å². The average molecular weight is 620 g/mol. The van der Waals surface area contributed by atoms with Gasteiger partial charge in [0.05, 0.1) is 16.7 Å². The van der Waals surface area contributed by atoms with Gasteiger partial charge in [-0.3, -0.25) is 9.71 Å². The maximum absolute atomic E-state index is 13.2. The summed E-state index contributed by atoms with van der Waals surface area (Å²) in [6.07, 6.45) is 9.78. The summed E-state index contributed by atoms with van der Waals surface area (Å²) in [7, 11) is -3.86. The summed E-state index contributed by atoms with van der Waals surface area (Å²) in [5.74, 6) is 1.30. The van der Waals surface area contributed by atoms with Gasteiger partial charge in [-0.25, -0.2) is 13.2 Å². The Balaban J connectivity index is 1.03. The van der Waals surface area contributed by atoms with E-state index in [4.69, 9.17) is 4.74 Å². The number of ether oxygens (including phenoxy) is 1. The molecule has 2 unspecified atom stereocenters. The minimum absolute atomic E-state index is 0.0934.